The van der Waals surface area contributed by atoms with E-state index >= 15 is 0 Å². The van der Waals surface area contributed by atoms with Crippen LogP contribution >= 0.6 is 0 Å². The maximum atomic E-state index is 12.4. The van der Waals surface area contributed by atoms with Crippen LogP contribution in [0.4, 0.5) is 5.69 Å². The van der Waals surface area contributed by atoms with E-state index in [2.05, 4.69) is 5.32 Å². The van der Waals surface area contributed by atoms with Gasteiger partial charge in [0, 0.05) is 17.3 Å². The molecule has 0 atom stereocenters. The number of nitrogens with one attached hydrogen (secondary N) is 1. The lowest BCUT2D eigenvalue weighted by Crippen LogP contribution is -2.12. The fourth-order valence-electron chi connectivity index (χ4n) is 2.93. The van der Waals surface area contributed by atoms with E-state index in [-0.39, 0.29) is 5.91 Å². The third-order valence-corrected chi connectivity index (χ3v) is 4.58. The maximum absolute atomic E-state index is 12.4. The summed E-state index contributed by atoms with van der Waals surface area (Å²) in [7, 11) is 3.13. The van der Waals surface area contributed by atoms with Crippen LogP contribution in [0.25, 0.3) is 6.08 Å². The Balaban J connectivity index is 1.57. The molecule has 0 fully saturated rings. The second-order valence-electron chi connectivity index (χ2n) is 6.80. The zero-order valence-corrected chi connectivity index (χ0v) is 18.7. The summed E-state index contributed by atoms with van der Waals surface area (Å²) >= 11 is 0. The molecule has 0 aliphatic rings. The molecule has 0 saturated heterocycles. The van der Waals surface area contributed by atoms with Crippen LogP contribution in [0.2, 0.25) is 0 Å². The Morgan fingerprint density at radius 2 is 1.55 bits per heavy atom. The number of amides is 1. The van der Waals surface area contributed by atoms with Crippen LogP contribution in [0.5, 0.6) is 23.0 Å². The predicted octanol–water partition coefficient (Wildman–Crippen LogP) is 4.97. The van der Waals surface area contributed by atoms with Crippen molar-refractivity contribution in [3.63, 3.8) is 0 Å². The molecule has 0 aliphatic heterocycles. The van der Waals surface area contributed by atoms with Crippen molar-refractivity contribution in [2.45, 2.75) is 6.92 Å². The monoisotopic (exact) mass is 447 g/mol. The molecule has 1 N–H and O–H groups in total. The first-order chi connectivity index (χ1) is 16.0. The highest BCUT2D eigenvalue weighted by atomic mass is 16.5. The summed E-state index contributed by atoms with van der Waals surface area (Å²) in [4.78, 5) is 24.6. The van der Waals surface area contributed by atoms with Gasteiger partial charge in [0.2, 0.25) is 0 Å². The number of benzene rings is 3. The van der Waals surface area contributed by atoms with Crippen molar-refractivity contribution in [2.75, 3.05) is 26.1 Å². The van der Waals surface area contributed by atoms with Gasteiger partial charge in [0.1, 0.15) is 11.5 Å². The topological polar surface area (TPSA) is 83.1 Å². The normalized spacial score (nSPS) is 10.5. The van der Waals surface area contributed by atoms with Crippen LogP contribution in [0.15, 0.2) is 72.8 Å². The molecule has 0 heterocycles. The van der Waals surface area contributed by atoms with Crippen molar-refractivity contribution < 1.29 is 28.5 Å². The Labute approximate surface area is 192 Å². The Morgan fingerprint density at radius 1 is 0.848 bits per heavy atom. The van der Waals surface area contributed by atoms with Crippen molar-refractivity contribution in [1.29, 1.82) is 0 Å². The fraction of sp³-hybridized carbons (Fsp3) is 0.154. The molecule has 0 aromatic heterocycles. The zero-order valence-electron chi connectivity index (χ0n) is 18.7. The van der Waals surface area contributed by atoms with Gasteiger partial charge in [0.05, 0.1) is 20.8 Å². The van der Waals surface area contributed by atoms with Crippen LogP contribution in [0, 0.1) is 0 Å². The number of esters is 1. The van der Waals surface area contributed by atoms with Crippen molar-refractivity contribution in [3.8, 4) is 23.0 Å². The Morgan fingerprint density at radius 3 is 2.18 bits per heavy atom. The van der Waals surface area contributed by atoms with Gasteiger partial charge < -0.3 is 24.3 Å². The largest absolute Gasteiger partial charge is 0.497 e. The first-order valence-electron chi connectivity index (χ1n) is 10.3. The summed E-state index contributed by atoms with van der Waals surface area (Å²) in [5.74, 6) is 1.43. The number of anilines is 1. The van der Waals surface area contributed by atoms with Gasteiger partial charge in [-0.1, -0.05) is 6.07 Å². The van der Waals surface area contributed by atoms with E-state index in [9.17, 15) is 9.59 Å². The third kappa shape index (κ3) is 6.61. The maximum Gasteiger partial charge on any atom is 0.336 e. The standard InChI is InChI=1S/C26H25NO6/c1-4-32-23-15-5-18(17-24(23)31-3)6-16-25(28)33-22-11-7-19(8-12-22)26(29)27-20-9-13-21(30-2)14-10-20/h5-17H,4H2,1-3H3,(H,27,29)/b16-6+. The lowest BCUT2D eigenvalue weighted by atomic mass is 10.2. The minimum absolute atomic E-state index is 0.276. The second kappa shape index (κ2) is 11.4. The Bertz CT molecular complexity index is 1120. The van der Waals surface area contributed by atoms with Gasteiger partial charge in [-0.15, -0.1) is 0 Å². The average Bonchev–Trinajstić information content (AvgIpc) is 2.84. The van der Waals surface area contributed by atoms with Gasteiger partial charge in [0.25, 0.3) is 5.91 Å². The summed E-state index contributed by atoms with van der Waals surface area (Å²) in [6.07, 6.45) is 2.94. The van der Waals surface area contributed by atoms with E-state index < -0.39 is 5.97 Å². The lowest BCUT2D eigenvalue weighted by Gasteiger charge is -2.09. The van der Waals surface area contributed by atoms with Gasteiger partial charge in [-0.2, -0.15) is 0 Å². The Hall–Kier alpha value is -4.26. The molecule has 170 valence electrons. The van der Waals surface area contributed by atoms with Gasteiger partial charge >= 0.3 is 5.97 Å². The quantitative estimate of drug-likeness (QED) is 0.283. The summed E-state index contributed by atoms with van der Waals surface area (Å²) in [5.41, 5.74) is 1.84. The molecule has 0 spiro atoms. The molecule has 0 unspecified atom stereocenters. The number of hydrogen-bond donors (Lipinski definition) is 1. The molecule has 3 aromatic rings. The van der Waals surface area contributed by atoms with Crippen molar-refractivity contribution >= 4 is 23.6 Å². The number of hydrogen-bond acceptors (Lipinski definition) is 6. The summed E-state index contributed by atoms with van der Waals surface area (Å²) in [6, 6.07) is 18.7. The molecular formula is C26H25NO6. The number of carbonyl (C=O) groups is 2. The lowest BCUT2D eigenvalue weighted by molar-refractivity contribution is -0.128. The first-order valence-corrected chi connectivity index (χ1v) is 10.3. The molecule has 0 saturated carbocycles. The first kappa shape index (κ1) is 23.4. The average molecular weight is 447 g/mol. The zero-order chi connectivity index (χ0) is 23.6. The van der Waals surface area contributed by atoms with Crippen LogP contribution in [-0.2, 0) is 4.79 Å². The minimum atomic E-state index is -0.543. The molecule has 7 nitrogen and oxygen atoms in total. The van der Waals surface area contributed by atoms with Crippen molar-refractivity contribution in [2.24, 2.45) is 0 Å². The van der Waals surface area contributed by atoms with Gasteiger partial charge in [-0.3, -0.25) is 4.79 Å². The van der Waals surface area contributed by atoms with E-state index in [0.29, 0.717) is 40.9 Å². The molecular weight excluding hydrogens is 422 g/mol. The highest BCUT2D eigenvalue weighted by Crippen LogP contribution is 2.28. The van der Waals surface area contributed by atoms with Gasteiger partial charge in [0.15, 0.2) is 11.5 Å². The minimum Gasteiger partial charge on any atom is -0.497 e. The molecule has 7 heteroatoms. The predicted molar refractivity (Wildman–Crippen MR) is 126 cm³/mol. The fourth-order valence-corrected chi connectivity index (χ4v) is 2.93. The van der Waals surface area contributed by atoms with E-state index in [1.807, 2.05) is 13.0 Å². The highest BCUT2D eigenvalue weighted by molar-refractivity contribution is 6.04. The van der Waals surface area contributed by atoms with E-state index in [4.69, 9.17) is 18.9 Å². The molecule has 3 aromatic carbocycles. The number of ether oxygens (including phenoxy) is 4. The van der Waals surface area contributed by atoms with Crippen LogP contribution in [0.1, 0.15) is 22.8 Å². The van der Waals surface area contributed by atoms with E-state index in [0.717, 1.165) is 5.56 Å². The molecule has 0 bridgehead atoms. The molecule has 0 aliphatic carbocycles. The van der Waals surface area contributed by atoms with E-state index in [1.165, 1.54) is 6.08 Å². The van der Waals surface area contributed by atoms with Crippen molar-refractivity contribution in [3.05, 3.63) is 83.9 Å². The number of methoxy groups -OCH3 is 2. The number of rotatable bonds is 9. The SMILES string of the molecule is CCOc1ccc(/C=C/C(=O)Oc2ccc(C(=O)Nc3ccc(OC)cc3)cc2)cc1OC. The van der Waals surface area contributed by atoms with Crippen LogP contribution in [0.3, 0.4) is 0 Å². The smallest absolute Gasteiger partial charge is 0.336 e. The molecule has 0 radical (unpaired) electrons. The summed E-state index contributed by atoms with van der Waals surface area (Å²) in [6.45, 7) is 2.42. The summed E-state index contributed by atoms with van der Waals surface area (Å²) < 4.78 is 21.2. The highest BCUT2D eigenvalue weighted by Gasteiger charge is 2.08. The molecule has 33 heavy (non-hydrogen) atoms. The van der Waals surface area contributed by atoms with Gasteiger partial charge in [-0.25, -0.2) is 4.79 Å². The Kier molecular flexibility index (Phi) is 8.07. The van der Waals surface area contributed by atoms with Gasteiger partial charge in [-0.05, 0) is 79.2 Å². The third-order valence-electron chi connectivity index (χ3n) is 4.58. The molecule has 1 amide bonds. The molecule has 3 rings (SSSR count). The second-order valence-corrected chi connectivity index (χ2v) is 6.80. The van der Waals surface area contributed by atoms with Crippen LogP contribution < -0.4 is 24.3 Å². The van der Waals surface area contributed by atoms with Crippen molar-refractivity contribution in [1.82, 2.24) is 0 Å². The summed E-state index contributed by atoms with van der Waals surface area (Å²) in [5, 5.41) is 2.80. The van der Waals surface area contributed by atoms with E-state index in [1.54, 1.807) is 81.0 Å². The van der Waals surface area contributed by atoms with Crippen LogP contribution in [-0.4, -0.2) is 32.7 Å². The number of carbonyl (C=O) groups excluding carboxylic acids is 2.